The summed E-state index contributed by atoms with van der Waals surface area (Å²) in [5.74, 6) is 0.123. The van der Waals surface area contributed by atoms with Crippen LogP contribution in [0.15, 0.2) is 48.7 Å². The number of benzene rings is 1. The van der Waals surface area contributed by atoms with Crippen molar-refractivity contribution in [3.05, 3.63) is 54.4 Å². The van der Waals surface area contributed by atoms with Crippen LogP contribution in [0.3, 0.4) is 0 Å². The average Bonchev–Trinajstić information content (AvgIpc) is 2.65. The minimum atomic E-state index is 0.0420. The van der Waals surface area contributed by atoms with Crippen molar-refractivity contribution in [2.45, 2.75) is 19.3 Å². The molecule has 0 atom stereocenters. The number of pyridine rings is 1. The summed E-state index contributed by atoms with van der Waals surface area (Å²) in [5, 5.41) is 6.45. The average molecular weight is 325 g/mol. The van der Waals surface area contributed by atoms with Gasteiger partial charge in [-0.2, -0.15) is 0 Å². The minimum Gasteiger partial charge on any atom is -0.383 e. The number of nitrogens with zero attached hydrogens (tertiary/aromatic N) is 1. The molecule has 1 saturated heterocycles. The quantitative estimate of drug-likeness (QED) is 0.856. The molecule has 5 nitrogen and oxygen atoms in total. The highest BCUT2D eigenvalue weighted by atomic mass is 16.5. The van der Waals surface area contributed by atoms with Gasteiger partial charge in [0.25, 0.3) is 0 Å². The highest BCUT2D eigenvalue weighted by Crippen LogP contribution is 2.23. The molecule has 0 bridgehead atoms. The van der Waals surface area contributed by atoms with Crippen molar-refractivity contribution in [1.82, 2.24) is 4.98 Å². The molecule has 1 aliphatic heterocycles. The lowest BCUT2D eigenvalue weighted by Crippen LogP contribution is -2.28. The Balaban J connectivity index is 1.57. The summed E-state index contributed by atoms with van der Waals surface area (Å²) in [4.78, 5) is 16.7. The molecular weight excluding hydrogens is 302 g/mol. The molecule has 1 fully saturated rings. The van der Waals surface area contributed by atoms with E-state index in [4.69, 9.17) is 4.74 Å². The summed E-state index contributed by atoms with van der Waals surface area (Å²) in [6, 6.07) is 13.7. The number of hydrogen-bond donors (Lipinski definition) is 2. The van der Waals surface area contributed by atoms with Gasteiger partial charge in [-0.25, -0.2) is 0 Å². The highest BCUT2D eigenvalue weighted by Gasteiger charge is 2.22. The Morgan fingerprint density at radius 2 is 1.83 bits per heavy atom. The Labute approximate surface area is 142 Å². The molecule has 2 N–H and O–H groups in total. The fraction of sp³-hybridized carbons (Fsp3) is 0.368. The molecule has 1 amide bonds. The molecule has 24 heavy (non-hydrogen) atoms. The van der Waals surface area contributed by atoms with Crippen LogP contribution in [0.5, 0.6) is 0 Å². The second-order valence-corrected chi connectivity index (χ2v) is 5.92. The maximum atomic E-state index is 12.4. The Bertz CT molecular complexity index is 655. The molecule has 0 radical (unpaired) electrons. The predicted molar refractivity (Wildman–Crippen MR) is 95.0 cm³/mol. The van der Waals surface area contributed by atoms with E-state index in [0.717, 1.165) is 42.9 Å². The van der Waals surface area contributed by atoms with Crippen LogP contribution in [-0.4, -0.2) is 30.6 Å². The van der Waals surface area contributed by atoms with E-state index in [2.05, 4.69) is 15.6 Å². The van der Waals surface area contributed by atoms with Gasteiger partial charge in [0.1, 0.15) is 0 Å². The standard InChI is InChI=1S/C19H23N3O2/c23-19(15-9-13-24-14-10-15)22-18-7-2-1-6-17(18)21-12-8-16-5-3-4-11-20-16/h1-7,11,15,21H,8-10,12-14H2,(H,22,23). The number of ether oxygens (including phenoxy) is 1. The van der Waals surface area contributed by atoms with E-state index >= 15 is 0 Å². The van der Waals surface area contributed by atoms with Crippen LogP contribution in [-0.2, 0) is 16.0 Å². The van der Waals surface area contributed by atoms with Crippen molar-refractivity contribution in [2.24, 2.45) is 5.92 Å². The van der Waals surface area contributed by atoms with Gasteiger partial charge in [-0.05, 0) is 37.1 Å². The lowest BCUT2D eigenvalue weighted by atomic mass is 9.99. The second kappa shape index (κ2) is 8.45. The molecule has 3 rings (SSSR count). The van der Waals surface area contributed by atoms with Crippen LogP contribution in [0.1, 0.15) is 18.5 Å². The molecule has 5 heteroatoms. The van der Waals surface area contributed by atoms with E-state index in [-0.39, 0.29) is 11.8 Å². The van der Waals surface area contributed by atoms with E-state index < -0.39 is 0 Å². The van der Waals surface area contributed by atoms with E-state index in [1.54, 1.807) is 6.20 Å². The zero-order chi connectivity index (χ0) is 16.6. The summed E-state index contributed by atoms with van der Waals surface area (Å²) >= 11 is 0. The molecule has 2 heterocycles. The van der Waals surface area contributed by atoms with Crippen molar-refractivity contribution in [1.29, 1.82) is 0 Å². The fourth-order valence-electron chi connectivity index (χ4n) is 2.81. The third kappa shape index (κ3) is 4.55. The van der Waals surface area contributed by atoms with Crippen molar-refractivity contribution < 1.29 is 9.53 Å². The molecule has 126 valence electrons. The Hall–Kier alpha value is -2.40. The predicted octanol–water partition coefficient (Wildman–Crippen LogP) is 3.10. The summed E-state index contributed by atoms with van der Waals surface area (Å²) in [7, 11) is 0. The second-order valence-electron chi connectivity index (χ2n) is 5.92. The molecule has 0 saturated carbocycles. The number of para-hydroxylation sites is 2. The van der Waals surface area contributed by atoms with Gasteiger partial charge in [0.15, 0.2) is 0 Å². The van der Waals surface area contributed by atoms with Crippen molar-refractivity contribution in [2.75, 3.05) is 30.4 Å². The van der Waals surface area contributed by atoms with Crippen LogP contribution < -0.4 is 10.6 Å². The summed E-state index contributed by atoms with van der Waals surface area (Å²) in [5.41, 5.74) is 2.82. The number of amides is 1. The molecular formula is C19H23N3O2. The van der Waals surface area contributed by atoms with E-state index in [0.29, 0.717) is 13.2 Å². The Morgan fingerprint density at radius 1 is 1.08 bits per heavy atom. The lowest BCUT2D eigenvalue weighted by Gasteiger charge is -2.22. The van der Waals surface area contributed by atoms with Crippen LogP contribution in [0.4, 0.5) is 11.4 Å². The minimum absolute atomic E-state index is 0.0420. The van der Waals surface area contributed by atoms with Crippen molar-refractivity contribution in [3.63, 3.8) is 0 Å². The molecule has 0 spiro atoms. The first-order valence-electron chi connectivity index (χ1n) is 8.44. The maximum absolute atomic E-state index is 12.4. The summed E-state index contributed by atoms with van der Waals surface area (Å²) in [6.07, 6.45) is 4.22. The number of hydrogen-bond acceptors (Lipinski definition) is 4. The molecule has 1 aromatic heterocycles. The number of anilines is 2. The number of nitrogens with one attached hydrogen (secondary N) is 2. The number of aromatic nitrogens is 1. The van der Waals surface area contributed by atoms with Crippen LogP contribution in [0, 0.1) is 5.92 Å². The van der Waals surface area contributed by atoms with Crippen molar-refractivity contribution >= 4 is 17.3 Å². The van der Waals surface area contributed by atoms with Gasteiger partial charge in [-0.3, -0.25) is 9.78 Å². The fourth-order valence-corrected chi connectivity index (χ4v) is 2.81. The third-order valence-corrected chi connectivity index (χ3v) is 4.20. The van der Waals surface area contributed by atoms with Crippen LogP contribution >= 0.6 is 0 Å². The normalized spacial score (nSPS) is 15.0. The Morgan fingerprint density at radius 3 is 2.58 bits per heavy atom. The van der Waals surface area contributed by atoms with Gasteiger partial charge in [0.05, 0.1) is 11.4 Å². The Kier molecular flexibility index (Phi) is 5.80. The highest BCUT2D eigenvalue weighted by molar-refractivity contribution is 5.95. The number of carbonyl (C=O) groups excluding carboxylic acids is 1. The first-order valence-corrected chi connectivity index (χ1v) is 8.44. The van der Waals surface area contributed by atoms with Gasteiger partial charge in [-0.1, -0.05) is 18.2 Å². The lowest BCUT2D eigenvalue weighted by molar-refractivity contribution is -0.122. The monoisotopic (exact) mass is 325 g/mol. The zero-order valence-corrected chi connectivity index (χ0v) is 13.7. The van der Waals surface area contributed by atoms with Gasteiger partial charge in [0, 0.05) is 44.0 Å². The topological polar surface area (TPSA) is 63.2 Å². The van der Waals surface area contributed by atoms with Gasteiger partial charge >= 0.3 is 0 Å². The van der Waals surface area contributed by atoms with Crippen LogP contribution in [0.2, 0.25) is 0 Å². The smallest absolute Gasteiger partial charge is 0.227 e. The van der Waals surface area contributed by atoms with Gasteiger partial charge in [-0.15, -0.1) is 0 Å². The van der Waals surface area contributed by atoms with Gasteiger partial charge < -0.3 is 15.4 Å². The molecule has 0 aliphatic carbocycles. The molecule has 1 aromatic carbocycles. The number of rotatable bonds is 6. The van der Waals surface area contributed by atoms with E-state index in [9.17, 15) is 4.79 Å². The SMILES string of the molecule is O=C(Nc1ccccc1NCCc1ccccn1)C1CCOCC1. The first-order chi connectivity index (χ1) is 11.8. The zero-order valence-electron chi connectivity index (χ0n) is 13.7. The first kappa shape index (κ1) is 16.5. The molecule has 0 unspecified atom stereocenters. The maximum Gasteiger partial charge on any atom is 0.227 e. The number of carbonyl (C=O) groups is 1. The summed E-state index contributed by atoms with van der Waals surface area (Å²) in [6.45, 7) is 2.10. The van der Waals surface area contributed by atoms with E-state index in [1.807, 2.05) is 42.5 Å². The summed E-state index contributed by atoms with van der Waals surface area (Å²) < 4.78 is 5.32. The molecule has 2 aromatic rings. The van der Waals surface area contributed by atoms with Crippen molar-refractivity contribution in [3.8, 4) is 0 Å². The van der Waals surface area contributed by atoms with Crippen LogP contribution in [0.25, 0.3) is 0 Å². The molecule has 1 aliphatic rings. The largest absolute Gasteiger partial charge is 0.383 e. The van der Waals surface area contributed by atoms with E-state index in [1.165, 1.54) is 0 Å². The third-order valence-electron chi connectivity index (χ3n) is 4.20. The van der Waals surface area contributed by atoms with Gasteiger partial charge in [0.2, 0.25) is 5.91 Å².